The zero-order valence-electron chi connectivity index (χ0n) is 11.4. The van der Waals surface area contributed by atoms with Gasteiger partial charge in [0.25, 0.3) is 0 Å². The van der Waals surface area contributed by atoms with Gasteiger partial charge >= 0.3 is 0 Å². The molecule has 0 aromatic rings. The molecule has 0 radical (unpaired) electrons. The summed E-state index contributed by atoms with van der Waals surface area (Å²) in [6, 6.07) is 1.11. The van der Waals surface area contributed by atoms with Crippen molar-refractivity contribution in [2.24, 2.45) is 0 Å². The fourth-order valence-electron chi connectivity index (χ4n) is 3.78. The molecule has 5 heteroatoms. The summed E-state index contributed by atoms with van der Waals surface area (Å²) in [5, 5.41) is 12.9. The SMILES string of the molecule is O=C(CN1C2CCC1CC(O)C2)NC1CCOCC1. The monoisotopic (exact) mass is 268 g/mol. The molecule has 1 amide bonds. The molecule has 5 nitrogen and oxygen atoms in total. The third-order valence-electron chi connectivity index (χ3n) is 4.77. The van der Waals surface area contributed by atoms with E-state index in [4.69, 9.17) is 4.74 Å². The molecular weight excluding hydrogens is 244 g/mol. The molecule has 2 atom stereocenters. The smallest absolute Gasteiger partial charge is 0.234 e. The van der Waals surface area contributed by atoms with E-state index in [2.05, 4.69) is 10.2 Å². The van der Waals surface area contributed by atoms with E-state index in [0.29, 0.717) is 18.6 Å². The minimum atomic E-state index is -0.160. The van der Waals surface area contributed by atoms with Crippen molar-refractivity contribution in [2.45, 2.75) is 62.8 Å². The molecule has 3 saturated heterocycles. The summed E-state index contributed by atoms with van der Waals surface area (Å²) in [6.45, 7) is 2.01. The van der Waals surface area contributed by atoms with Crippen LogP contribution in [-0.4, -0.2) is 59.9 Å². The molecule has 3 aliphatic rings. The van der Waals surface area contributed by atoms with E-state index >= 15 is 0 Å². The van der Waals surface area contributed by atoms with Crippen molar-refractivity contribution in [1.29, 1.82) is 0 Å². The van der Waals surface area contributed by atoms with Crippen molar-refractivity contribution < 1.29 is 14.6 Å². The number of aliphatic hydroxyl groups excluding tert-OH is 1. The van der Waals surface area contributed by atoms with Gasteiger partial charge in [-0.2, -0.15) is 0 Å². The molecule has 0 aliphatic carbocycles. The highest BCUT2D eigenvalue weighted by atomic mass is 16.5. The number of nitrogens with zero attached hydrogens (tertiary/aromatic N) is 1. The third-order valence-corrected chi connectivity index (χ3v) is 4.77. The highest BCUT2D eigenvalue weighted by Gasteiger charge is 2.40. The Morgan fingerprint density at radius 3 is 2.42 bits per heavy atom. The molecule has 3 aliphatic heterocycles. The average molecular weight is 268 g/mol. The molecule has 0 spiro atoms. The molecule has 0 aromatic heterocycles. The Labute approximate surface area is 114 Å². The van der Waals surface area contributed by atoms with E-state index in [1.165, 1.54) is 0 Å². The number of rotatable bonds is 3. The number of fused-ring (bicyclic) bond motifs is 2. The molecule has 3 rings (SSSR count). The summed E-state index contributed by atoms with van der Waals surface area (Å²) in [5.41, 5.74) is 0. The van der Waals surface area contributed by atoms with E-state index in [9.17, 15) is 9.90 Å². The summed E-state index contributed by atoms with van der Waals surface area (Å²) < 4.78 is 5.30. The van der Waals surface area contributed by atoms with Gasteiger partial charge in [0.2, 0.25) is 5.91 Å². The number of carbonyl (C=O) groups excluding carboxylic acids is 1. The summed E-state index contributed by atoms with van der Waals surface area (Å²) in [7, 11) is 0. The zero-order chi connectivity index (χ0) is 13.2. The first-order valence-corrected chi connectivity index (χ1v) is 7.53. The first-order valence-electron chi connectivity index (χ1n) is 7.53. The first-order chi connectivity index (χ1) is 9.22. The van der Waals surface area contributed by atoms with Gasteiger partial charge in [-0.05, 0) is 38.5 Å². The molecule has 2 N–H and O–H groups in total. The summed E-state index contributed by atoms with van der Waals surface area (Å²) in [5.74, 6) is 0.139. The Bertz CT molecular complexity index is 317. The number of aliphatic hydroxyl groups is 1. The van der Waals surface area contributed by atoms with Crippen LogP contribution in [0.2, 0.25) is 0 Å². The lowest BCUT2D eigenvalue weighted by Gasteiger charge is -2.37. The maximum atomic E-state index is 12.1. The lowest BCUT2D eigenvalue weighted by molar-refractivity contribution is -0.125. The van der Waals surface area contributed by atoms with Crippen molar-refractivity contribution in [1.82, 2.24) is 10.2 Å². The number of ether oxygens (including phenoxy) is 1. The molecular formula is C14H24N2O3. The largest absolute Gasteiger partial charge is 0.393 e. The zero-order valence-corrected chi connectivity index (χ0v) is 11.4. The fourth-order valence-corrected chi connectivity index (χ4v) is 3.78. The minimum absolute atomic E-state index is 0.139. The van der Waals surface area contributed by atoms with Gasteiger partial charge in [-0.3, -0.25) is 9.69 Å². The predicted octanol–water partition coefficient (Wildman–Crippen LogP) is 0.269. The van der Waals surface area contributed by atoms with Crippen LogP contribution in [0.5, 0.6) is 0 Å². The summed E-state index contributed by atoms with van der Waals surface area (Å²) in [4.78, 5) is 14.4. The van der Waals surface area contributed by atoms with E-state index in [1.54, 1.807) is 0 Å². The maximum Gasteiger partial charge on any atom is 0.234 e. The predicted molar refractivity (Wildman–Crippen MR) is 70.7 cm³/mol. The Kier molecular flexibility index (Phi) is 4.05. The van der Waals surface area contributed by atoms with E-state index in [0.717, 1.165) is 51.7 Å². The highest BCUT2D eigenvalue weighted by Crippen LogP contribution is 2.35. The van der Waals surface area contributed by atoms with Crippen molar-refractivity contribution in [3.63, 3.8) is 0 Å². The summed E-state index contributed by atoms with van der Waals surface area (Å²) in [6.07, 6.45) is 5.63. The molecule has 0 aromatic carbocycles. The Hall–Kier alpha value is -0.650. The maximum absolute atomic E-state index is 12.1. The van der Waals surface area contributed by atoms with Crippen LogP contribution in [0.15, 0.2) is 0 Å². The van der Waals surface area contributed by atoms with Crippen LogP contribution < -0.4 is 5.32 Å². The minimum Gasteiger partial charge on any atom is -0.393 e. The van der Waals surface area contributed by atoms with Crippen LogP contribution in [0.3, 0.4) is 0 Å². The average Bonchev–Trinajstić information content (AvgIpc) is 2.63. The van der Waals surface area contributed by atoms with Crippen LogP contribution in [0, 0.1) is 0 Å². The standard InChI is InChI=1S/C14H24N2O3/c17-13-7-11-1-2-12(8-13)16(11)9-14(18)15-10-3-5-19-6-4-10/h10-13,17H,1-9H2,(H,15,18). The summed E-state index contributed by atoms with van der Waals surface area (Å²) >= 11 is 0. The molecule has 19 heavy (non-hydrogen) atoms. The topological polar surface area (TPSA) is 61.8 Å². The fraction of sp³-hybridized carbons (Fsp3) is 0.929. The second-order valence-corrected chi connectivity index (χ2v) is 6.14. The number of hydrogen-bond donors (Lipinski definition) is 2. The van der Waals surface area contributed by atoms with Crippen LogP contribution >= 0.6 is 0 Å². The van der Waals surface area contributed by atoms with Crippen LogP contribution in [0.1, 0.15) is 38.5 Å². The van der Waals surface area contributed by atoms with E-state index in [1.807, 2.05) is 0 Å². The normalized spacial score (nSPS) is 36.4. The van der Waals surface area contributed by atoms with E-state index in [-0.39, 0.29) is 18.1 Å². The highest BCUT2D eigenvalue weighted by molar-refractivity contribution is 5.78. The Morgan fingerprint density at radius 1 is 1.16 bits per heavy atom. The van der Waals surface area contributed by atoms with Gasteiger partial charge in [0.15, 0.2) is 0 Å². The van der Waals surface area contributed by atoms with Gasteiger partial charge < -0.3 is 15.2 Å². The van der Waals surface area contributed by atoms with E-state index < -0.39 is 0 Å². The second kappa shape index (κ2) is 5.77. The number of carbonyl (C=O) groups is 1. The molecule has 2 unspecified atom stereocenters. The number of piperidine rings is 1. The Morgan fingerprint density at radius 2 is 1.79 bits per heavy atom. The molecule has 3 heterocycles. The van der Waals surface area contributed by atoms with Crippen LogP contribution in [-0.2, 0) is 9.53 Å². The van der Waals surface area contributed by atoms with Gasteiger partial charge in [0.05, 0.1) is 12.6 Å². The van der Waals surface area contributed by atoms with Crippen molar-refractivity contribution >= 4 is 5.91 Å². The lowest BCUT2D eigenvalue weighted by atomic mass is 10.00. The van der Waals surface area contributed by atoms with Crippen molar-refractivity contribution in [2.75, 3.05) is 19.8 Å². The molecule has 0 saturated carbocycles. The van der Waals surface area contributed by atoms with Gasteiger partial charge in [-0.1, -0.05) is 0 Å². The first kappa shape index (κ1) is 13.3. The van der Waals surface area contributed by atoms with Gasteiger partial charge in [0, 0.05) is 31.3 Å². The third kappa shape index (κ3) is 3.09. The second-order valence-electron chi connectivity index (χ2n) is 6.14. The van der Waals surface area contributed by atoms with Crippen molar-refractivity contribution in [3.05, 3.63) is 0 Å². The van der Waals surface area contributed by atoms with Gasteiger partial charge in [-0.15, -0.1) is 0 Å². The molecule has 108 valence electrons. The van der Waals surface area contributed by atoms with Gasteiger partial charge in [0.1, 0.15) is 0 Å². The quantitative estimate of drug-likeness (QED) is 0.771. The van der Waals surface area contributed by atoms with Crippen LogP contribution in [0.4, 0.5) is 0 Å². The molecule has 2 bridgehead atoms. The lowest BCUT2D eigenvalue weighted by Crippen LogP contribution is -2.50. The van der Waals surface area contributed by atoms with Crippen LogP contribution in [0.25, 0.3) is 0 Å². The number of hydrogen-bond acceptors (Lipinski definition) is 4. The van der Waals surface area contributed by atoms with Crippen molar-refractivity contribution in [3.8, 4) is 0 Å². The molecule has 3 fully saturated rings. The van der Waals surface area contributed by atoms with Gasteiger partial charge in [-0.25, -0.2) is 0 Å². The Balaban J connectivity index is 1.49. The number of nitrogens with one attached hydrogen (secondary N) is 1. The number of amides is 1.